The third-order valence-corrected chi connectivity index (χ3v) is 7.53. The predicted octanol–water partition coefficient (Wildman–Crippen LogP) is 2.02. The number of hydrogen-bond acceptors (Lipinski definition) is 7. The number of pyridine rings is 3. The van der Waals surface area contributed by atoms with Gasteiger partial charge in [0.1, 0.15) is 11.0 Å². The van der Waals surface area contributed by atoms with Crippen molar-refractivity contribution in [2.75, 3.05) is 13.1 Å². The van der Waals surface area contributed by atoms with Crippen molar-refractivity contribution in [1.82, 2.24) is 24.2 Å². The molecule has 0 N–H and O–H groups in total. The number of hydrogen-bond donors (Lipinski definition) is 0. The van der Waals surface area contributed by atoms with Gasteiger partial charge in [-0.2, -0.15) is 4.31 Å². The molecular formula is C22H23N5O3S. The van der Waals surface area contributed by atoms with E-state index in [1.54, 1.807) is 24.5 Å². The lowest BCUT2D eigenvalue weighted by molar-refractivity contribution is 0.143. The molecule has 31 heavy (non-hydrogen) atoms. The van der Waals surface area contributed by atoms with Crippen LogP contribution in [0.1, 0.15) is 17.1 Å². The summed E-state index contributed by atoms with van der Waals surface area (Å²) in [4.78, 5) is 15.4. The molecule has 0 saturated carbocycles. The highest BCUT2D eigenvalue weighted by molar-refractivity contribution is 7.89. The molecule has 0 radical (unpaired) electrons. The maximum atomic E-state index is 13.6. The summed E-state index contributed by atoms with van der Waals surface area (Å²) in [5, 5.41) is 0. The molecule has 0 bridgehead atoms. The molecule has 5 rings (SSSR count). The average molecular weight is 438 g/mol. The van der Waals surface area contributed by atoms with Crippen LogP contribution in [-0.2, 0) is 23.1 Å². The summed E-state index contributed by atoms with van der Waals surface area (Å²) in [7, 11) is -3.81. The van der Waals surface area contributed by atoms with Crippen LogP contribution in [0.3, 0.4) is 0 Å². The van der Waals surface area contributed by atoms with E-state index in [1.807, 2.05) is 43.3 Å². The first-order valence-corrected chi connectivity index (χ1v) is 11.6. The number of sulfonamides is 1. The fourth-order valence-corrected chi connectivity index (χ4v) is 5.92. The zero-order valence-corrected chi connectivity index (χ0v) is 17.9. The van der Waals surface area contributed by atoms with E-state index in [9.17, 15) is 8.42 Å². The Balaban J connectivity index is 1.50. The van der Waals surface area contributed by atoms with Crippen LogP contribution in [-0.4, -0.2) is 57.8 Å². The molecule has 2 aliphatic heterocycles. The third-order valence-electron chi connectivity index (χ3n) is 5.64. The zero-order valence-electron chi connectivity index (χ0n) is 17.1. The molecule has 3 aromatic heterocycles. The number of nitrogens with zero attached hydrogens (tertiary/aromatic N) is 5. The number of likely N-dealkylation sites (tertiary alicyclic amines) is 1. The van der Waals surface area contributed by atoms with Gasteiger partial charge in [0.2, 0.25) is 15.9 Å². The molecule has 2 atom stereocenters. The van der Waals surface area contributed by atoms with Gasteiger partial charge >= 0.3 is 0 Å². The third kappa shape index (κ3) is 3.91. The molecule has 0 aliphatic carbocycles. The molecule has 2 aliphatic rings. The molecule has 0 aromatic carbocycles. The van der Waals surface area contributed by atoms with Gasteiger partial charge in [-0.15, -0.1) is 0 Å². The van der Waals surface area contributed by atoms with Gasteiger partial charge in [-0.3, -0.25) is 14.9 Å². The maximum absolute atomic E-state index is 13.6. The molecule has 1 saturated heterocycles. The van der Waals surface area contributed by atoms with Crippen molar-refractivity contribution >= 4 is 10.0 Å². The average Bonchev–Trinajstić information content (AvgIpc) is 3.11. The van der Waals surface area contributed by atoms with Crippen LogP contribution >= 0.6 is 0 Å². The minimum Gasteiger partial charge on any atom is -0.470 e. The Morgan fingerprint density at radius 2 is 1.81 bits per heavy atom. The Kier molecular flexibility index (Phi) is 5.17. The Morgan fingerprint density at radius 1 is 0.968 bits per heavy atom. The minimum absolute atomic E-state index is 0.104. The van der Waals surface area contributed by atoms with Crippen LogP contribution in [0.2, 0.25) is 0 Å². The van der Waals surface area contributed by atoms with Gasteiger partial charge in [0.25, 0.3) is 0 Å². The van der Waals surface area contributed by atoms with Crippen LogP contribution in [0, 0.1) is 6.92 Å². The van der Waals surface area contributed by atoms with Gasteiger partial charge in [-0.25, -0.2) is 13.4 Å². The van der Waals surface area contributed by atoms with Gasteiger partial charge in [-0.1, -0.05) is 12.1 Å². The van der Waals surface area contributed by atoms with E-state index in [2.05, 4.69) is 19.9 Å². The van der Waals surface area contributed by atoms with E-state index >= 15 is 0 Å². The fourth-order valence-electron chi connectivity index (χ4n) is 4.23. The number of aryl methyl sites for hydroxylation is 1. The Hall–Kier alpha value is -2.88. The van der Waals surface area contributed by atoms with Gasteiger partial charge in [0.15, 0.2) is 0 Å². The van der Waals surface area contributed by atoms with Crippen molar-refractivity contribution in [2.45, 2.75) is 37.1 Å². The van der Waals surface area contributed by atoms with E-state index < -0.39 is 10.0 Å². The van der Waals surface area contributed by atoms with Crippen molar-refractivity contribution < 1.29 is 13.2 Å². The smallest absolute Gasteiger partial charge is 0.249 e. The summed E-state index contributed by atoms with van der Waals surface area (Å²) in [5.41, 5.74) is 2.60. The monoisotopic (exact) mass is 437 g/mol. The Labute approximate surface area is 181 Å². The highest BCUT2D eigenvalue weighted by Crippen LogP contribution is 2.35. The molecule has 160 valence electrons. The first-order chi connectivity index (χ1) is 15.0. The number of ether oxygens (including phenoxy) is 1. The maximum Gasteiger partial charge on any atom is 0.249 e. The number of rotatable bonds is 4. The SMILES string of the molecule is Cc1cccc(CN2C[C@@H]3Oc4ncccc4S(=O)(=O)N(Cc4ccccn4)[C@H]3C2)n1. The number of aromatic nitrogens is 3. The topological polar surface area (TPSA) is 88.5 Å². The lowest BCUT2D eigenvalue weighted by atomic mass is 10.2. The van der Waals surface area contributed by atoms with Gasteiger partial charge in [0, 0.05) is 37.7 Å². The second-order valence-electron chi connectivity index (χ2n) is 7.87. The van der Waals surface area contributed by atoms with E-state index in [0.29, 0.717) is 25.3 Å². The van der Waals surface area contributed by atoms with Crippen molar-refractivity contribution in [1.29, 1.82) is 0 Å². The largest absolute Gasteiger partial charge is 0.470 e. The Morgan fingerprint density at radius 3 is 2.61 bits per heavy atom. The highest BCUT2D eigenvalue weighted by atomic mass is 32.2. The van der Waals surface area contributed by atoms with Gasteiger partial charge in [-0.05, 0) is 43.3 Å². The molecule has 1 fully saturated rings. The molecule has 8 nitrogen and oxygen atoms in total. The van der Waals surface area contributed by atoms with Crippen molar-refractivity contribution in [2.24, 2.45) is 0 Å². The first kappa shape index (κ1) is 20.0. The van der Waals surface area contributed by atoms with Crippen LogP contribution in [0.25, 0.3) is 0 Å². The standard InChI is InChI=1S/C22H23N5O3S/c1-16-6-4-8-18(25-16)12-26-14-19-20(15-26)30-22-21(9-5-11-24-22)31(28,29)27(19)13-17-7-2-3-10-23-17/h2-11,19-20H,12-15H2,1H3/t19-,20-/m0/s1. The summed E-state index contributed by atoms with van der Waals surface area (Å²) in [5.74, 6) is 0.163. The molecule has 0 amide bonds. The summed E-state index contributed by atoms with van der Waals surface area (Å²) < 4.78 is 34.9. The van der Waals surface area contributed by atoms with Crippen molar-refractivity contribution in [3.8, 4) is 5.88 Å². The normalized spacial score (nSPS) is 22.9. The molecule has 9 heteroatoms. The van der Waals surface area contributed by atoms with E-state index in [0.717, 1.165) is 11.4 Å². The summed E-state index contributed by atoms with van der Waals surface area (Å²) in [6, 6.07) is 14.3. The quantitative estimate of drug-likeness (QED) is 0.617. The molecule has 0 unspecified atom stereocenters. The minimum atomic E-state index is -3.81. The highest BCUT2D eigenvalue weighted by Gasteiger charge is 2.47. The van der Waals surface area contributed by atoms with E-state index in [4.69, 9.17) is 4.74 Å². The van der Waals surface area contributed by atoms with E-state index in [-0.39, 0.29) is 29.5 Å². The summed E-state index contributed by atoms with van der Waals surface area (Å²) >= 11 is 0. The van der Waals surface area contributed by atoms with Crippen LogP contribution in [0.4, 0.5) is 0 Å². The summed E-state index contributed by atoms with van der Waals surface area (Å²) in [6.45, 7) is 3.90. The molecule has 0 spiro atoms. The molecule has 5 heterocycles. The van der Waals surface area contributed by atoms with Crippen LogP contribution < -0.4 is 4.74 Å². The second kappa shape index (κ2) is 7.99. The van der Waals surface area contributed by atoms with E-state index in [1.165, 1.54) is 4.31 Å². The van der Waals surface area contributed by atoms with Gasteiger partial charge < -0.3 is 4.74 Å². The zero-order chi connectivity index (χ0) is 21.4. The van der Waals surface area contributed by atoms with Crippen LogP contribution in [0.5, 0.6) is 5.88 Å². The first-order valence-electron chi connectivity index (χ1n) is 10.2. The van der Waals surface area contributed by atoms with Crippen LogP contribution in [0.15, 0.2) is 65.8 Å². The second-order valence-corrected chi connectivity index (χ2v) is 9.73. The summed E-state index contributed by atoms with van der Waals surface area (Å²) in [6.07, 6.45) is 2.90. The molecule has 3 aromatic rings. The lowest BCUT2D eigenvalue weighted by Crippen LogP contribution is -2.46. The lowest BCUT2D eigenvalue weighted by Gasteiger charge is -2.27. The fraction of sp³-hybridized carbons (Fsp3) is 0.318. The van der Waals surface area contributed by atoms with Crippen molar-refractivity contribution in [3.05, 3.63) is 78.0 Å². The van der Waals surface area contributed by atoms with Crippen molar-refractivity contribution in [3.63, 3.8) is 0 Å². The predicted molar refractivity (Wildman–Crippen MR) is 114 cm³/mol. The Bertz CT molecular complexity index is 1190. The van der Waals surface area contributed by atoms with Gasteiger partial charge in [0.05, 0.1) is 24.0 Å². The number of fused-ring (bicyclic) bond motifs is 2. The molecular weight excluding hydrogens is 414 g/mol.